The normalized spacial score (nSPS) is 21.4. The van der Waals surface area contributed by atoms with E-state index in [1.807, 2.05) is 19.4 Å². The molecule has 1 N–H and O–H groups in total. The van der Waals surface area contributed by atoms with E-state index < -0.39 is 0 Å². The Kier molecular flexibility index (Phi) is 3.06. The lowest BCUT2D eigenvalue weighted by molar-refractivity contribution is 0.193. The zero-order chi connectivity index (χ0) is 9.80. The summed E-state index contributed by atoms with van der Waals surface area (Å²) in [4.78, 5) is 8.70. The molecule has 0 spiro atoms. The van der Waals surface area contributed by atoms with E-state index in [1.54, 1.807) is 0 Å². The van der Waals surface area contributed by atoms with Crippen LogP contribution in [-0.4, -0.2) is 30.2 Å². The second-order valence-corrected chi connectivity index (χ2v) is 3.54. The smallest absolute Gasteiger partial charge is 0.133 e. The van der Waals surface area contributed by atoms with E-state index in [2.05, 4.69) is 15.3 Å². The highest BCUT2D eigenvalue weighted by molar-refractivity contribution is 5.07. The monoisotopic (exact) mass is 193 g/mol. The van der Waals surface area contributed by atoms with Crippen LogP contribution >= 0.6 is 0 Å². The summed E-state index contributed by atoms with van der Waals surface area (Å²) >= 11 is 0. The van der Waals surface area contributed by atoms with Gasteiger partial charge in [-0.2, -0.15) is 0 Å². The molecule has 2 heterocycles. The second-order valence-electron chi connectivity index (χ2n) is 3.54. The van der Waals surface area contributed by atoms with Crippen LogP contribution in [0.25, 0.3) is 0 Å². The number of aromatic nitrogens is 2. The molecular formula is C10H15N3O. The van der Waals surface area contributed by atoms with Gasteiger partial charge in [0, 0.05) is 37.0 Å². The fourth-order valence-electron chi connectivity index (χ4n) is 1.61. The van der Waals surface area contributed by atoms with E-state index >= 15 is 0 Å². The Hall–Kier alpha value is -1.00. The maximum absolute atomic E-state index is 5.30. The maximum atomic E-state index is 5.30. The second kappa shape index (κ2) is 4.48. The molecule has 4 nitrogen and oxygen atoms in total. The molecule has 1 aliphatic heterocycles. The van der Waals surface area contributed by atoms with Crippen LogP contribution < -0.4 is 5.32 Å². The lowest BCUT2D eigenvalue weighted by atomic mass is 10.1. The molecule has 0 saturated carbocycles. The van der Waals surface area contributed by atoms with Crippen LogP contribution in [0.1, 0.15) is 23.7 Å². The van der Waals surface area contributed by atoms with Crippen molar-refractivity contribution in [3.05, 3.63) is 23.8 Å². The van der Waals surface area contributed by atoms with Crippen molar-refractivity contribution in [2.45, 2.75) is 18.9 Å². The van der Waals surface area contributed by atoms with Gasteiger partial charge in [0.1, 0.15) is 5.82 Å². The fourth-order valence-corrected chi connectivity index (χ4v) is 1.61. The van der Waals surface area contributed by atoms with Crippen LogP contribution in [0.4, 0.5) is 0 Å². The van der Waals surface area contributed by atoms with Crippen molar-refractivity contribution in [3.8, 4) is 0 Å². The molecule has 4 heteroatoms. The van der Waals surface area contributed by atoms with Crippen molar-refractivity contribution in [2.24, 2.45) is 0 Å². The summed E-state index contributed by atoms with van der Waals surface area (Å²) in [5.41, 5.74) is 1.12. The van der Waals surface area contributed by atoms with Gasteiger partial charge in [0.05, 0.1) is 6.61 Å². The molecule has 0 aromatic carbocycles. The van der Waals surface area contributed by atoms with Crippen LogP contribution in [0, 0.1) is 0 Å². The molecule has 1 aliphatic rings. The van der Waals surface area contributed by atoms with Crippen LogP contribution in [-0.2, 0) is 11.3 Å². The Balaban J connectivity index is 2.05. The number of nitrogens with zero attached hydrogens (tertiary/aromatic N) is 2. The first-order chi connectivity index (χ1) is 6.90. The standard InChI is InChI=1S/C10H15N3O/c1-11-4-8-5-12-10(13-6-8)9-2-3-14-7-9/h5-6,9,11H,2-4,7H2,1H3. The van der Waals surface area contributed by atoms with Gasteiger partial charge in [-0.05, 0) is 13.5 Å². The van der Waals surface area contributed by atoms with Crippen LogP contribution in [0.5, 0.6) is 0 Å². The number of hydrogen-bond acceptors (Lipinski definition) is 4. The van der Waals surface area contributed by atoms with Gasteiger partial charge in [-0.1, -0.05) is 0 Å². The van der Waals surface area contributed by atoms with Gasteiger partial charge < -0.3 is 10.1 Å². The number of hydrogen-bond donors (Lipinski definition) is 1. The minimum atomic E-state index is 0.402. The molecule has 2 rings (SSSR count). The molecule has 1 atom stereocenters. The predicted molar refractivity (Wildman–Crippen MR) is 53.0 cm³/mol. The predicted octanol–water partition coefficient (Wildman–Crippen LogP) is 0.700. The highest BCUT2D eigenvalue weighted by atomic mass is 16.5. The molecule has 1 aromatic rings. The SMILES string of the molecule is CNCc1cnc(C2CCOC2)nc1. The van der Waals surface area contributed by atoms with Crippen molar-refractivity contribution in [3.63, 3.8) is 0 Å². The van der Waals surface area contributed by atoms with E-state index in [4.69, 9.17) is 4.74 Å². The Labute approximate surface area is 83.7 Å². The molecule has 0 radical (unpaired) electrons. The summed E-state index contributed by atoms with van der Waals surface area (Å²) in [6.45, 7) is 2.43. The van der Waals surface area contributed by atoms with Gasteiger partial charge >= 0.3 is 0 Å². The van der Waals surface area contributed by atoms with E-state index in [-0.39, 0.29) is 0 Å². The van der Waals surface area contributed by atoms with Gasteiger partial charge in [-0.15, -0.1) is 0 Å². The summed E-state index contributed by atoms with van der Waals surface area (Å²) in [6, 6.07) is 0. The number of rotatable bonds is 3. The van der Waals surface area contributed by atoms with E-state index in [1.165, 1.54) is 0 Å². The zero-order valence-corrected chi connectivity index (χ0v) is 8.36. The van der Waals surface area contributed by atoms with Crippen LogP contribution in [0.2, 0.25) is 0 Å². The minimum Gasteiger partial charge on any atom is -0.381 e. The van der Waals surface area contributed by atoms with Crippen molar-refractivity contribution in [1.29, 1.82) is 0 Å². The largest absolute Gasteiger partial charge is 0.381 e. The first-order valence-electron chi connectivity index (χ1n) is 4.93. The van der Waals surface area contributed by atoms with Crippen LogP contribution in [0.3, 0.4) is 0 Å². The molecule has 0 bridgehead atoms. The summed E-state index contributed by atoms with van der Waals surface area (Å²) in [7, 11) is 1.92. The molecule has 1 unspecified atom stereocenters. The third kappa shape index (κ3) is 2.08. The Bertz CT molecular complexity index is 280. The van der Waals surface area contributed by atoms with Gasteiger partial charge in [0.2, 0.25) is 0 Å². The van der Waals surface area contributed by atoms with E-state index in [9.17, 15) is 0 Å². The molecule has 0 aliphatic carbocycles. The average molecular weight is 193 g/mol. The fraction of sp³-hybridized carbons (Fsp3) is 0.600. The summed E-state index contributed by atoms with van der Waals surface area (Å²) in [5, 5.41) is 3.07. The number of nitrogens with one attached hydrogen (secondary N) is 1. The van der Waals surface area contributed by atoms with Crippen molar-refractivity contribution in [1.82, 2.24) is 15.3 Å². The third-order valence-corrected chi connectivity index (χ3v) is 2.40. The van der Waals surface area contributed by atoms with E-state index in [0.29, 0.717) is 5.92 Å². The quantitative estimate of drug-likeness (QED) is 0.767. The zero-order valence-electron chi connectivity index (χ0n) is 8.36. The van der Waals surface area contributed by atoms with Crippen molar-refractivity contribution < 1.29 is 4.74 Å². The van der Waals surface area contributed by atoms with Crippen molar-refractivity contribution >= 4 is 0 Å². The molecule has 1 aromatic heterocycles. The maximum Gasteiger partial charge on any atom is 0.133 e. The minimum absolute atomic E-state index is 0.402. The molecular weight excluding hydrogens is 178 g/mol. The lowest BCUT2D eigenvalue weighted by Gasteiger charge is -2.06. The number of ether oxygens (including phenoxy) is 1. The highest BCUT2D eigenvalue weighted by Crippen LogP contribution is 2.21. The van der Waals surface area contributed by atoms with E-state index in [0.717, 1.165) is 37.6 Å². The average Bonchev–Trinajstić information content (AvgIpc) is 2.72. The van der Waals surface area contributed by atoms with Gasteiger partial charge in [0.25, 0.3) is 0 Å². The molecule has 1 saturated heterocycles. The Morgan fingerprint density at radius 2 is 2.29 bits per heavy atom. The Morgan fingerprint density at radius 1 is 1.50 bits per heavy atom. The van der Waals surface area contributed by atoms with Crippen LogP contribution in [0.15, 0.2) is 12.4 Å². The van der Waals surface area contributed by atoms with Gasteiger partial charge in [-0.3, -0.25) is 0 Å². The summed E-state index contributed by atoms with van der Waals surface area (Å²) in [6.07, 6.45) is 4.82. The first-order valence-corrected chi connectivity index (χ1v) is 4.93. The molecule has 1 fully saturated rings. The molecule has 14 heavy (non-hydrogen) atoms. The highest BCUT2D eigenvalue weighted by Gasteiger charge is 2.19. The van der Waals surface area contributed by atoms with Crippen molar-refractivity contribution in [2.75, 3.05) is 20.3 Å². The molecule has 0 amide bonds. The Morgan fingerprint density at radius 3 is 2.86 bits per heavy atom. The third-order valence-electron chi connectivity index (χ3n) is 2.40. The summed E-state index contributed by atoms with van der Waals surface area (Å²) in [5.74, 6) is 1.32. The van der Waals surface area contributed by atoms with Gasteiger partial charge in [0.15, 0.2) is 0 Å². The lowest BCUT2D eigenvalue weighted by Crippen LogP contribution is -2.08. The van der Waals surface area contributed by atoms with Gasteiger partial charge in [-0.25, -0.2) is 9.97 Å². The summed E-state index contributed by atoms with van der Waals surface area (Å²) < 4.78 is 5.30. The molecule has 76 valence electrons. The first kappa shape index (κ1) is 9.55. The topological polar surface area (TPSA) is 47.0 Å².